The van der Waals surface area contributed by atoms with E-state index in [2.05, 4.69) is 71.9 Å². The van der Waals surface area contributed by atoms with Crippen molar-refractivity contribution in [2.75, 3.05) is 70.2 Å². The summed E-state index contributed by atoms with van der Waals surface area (Å²) in [7, 11) is 6.29. The standard InChI is InChI=1S/C24H32ClN5/c1-19-15-22(25)6-8-24(19)30-13-11-29(12-14-30)18-21-16-23(7-5-20(21)17-26)28(4)10-9-27(2)3/h5-8,15-16H,9-14,18H2,1-4H3. The minimum atomic E-state index is 0.774. The third-order valence-electron chi connectivity index (χ3n) is 5.80. The molecule has 3 rings (SSSR count). The fraction of sp³-hybridized carbons (Fsp3) is 0.458. The van der Waals surface area contributed by atoms with Crippen LogP contribution in [0.25, 0.3) is 0 Å². The van der Waals surface area contributed by atoms with Gasteiger partial charge in [-0.05, 0) is 68.5 Å². The Bertz CT molecular complexity index is 897. The number of benzene rings is 2. The first-order chi connectivity index (χ1) is 14.4. The fourth-order valence-corrected chi connectivity index (χ4v) is 4.12. The molecule has 1 aliphatic rings. The van der Waals surface area contributed by atoms with Gasteiger partial charge in [0, 0.05) is 69.3 Å². The van der Waals surface area contributed by atoms with Gasteiger partial charge in [0.1, 0.15) is 0 Å². The Hall–Kier alpha value is -2.26. The molecule has 1 saturated heterocycles. The highest BCUT2D eigenvalue weighted by molar-refractivity contribution is 6.30. The van der Waals surface area contributed by atoms with Crippen molar-refractivity contribution >= 4 is 23.0 Å². The van der Waals surface area contributed by atoms with E-state index in [1.807, 2.05) is 18.2 Å². The van der Waals surface area contributed by atoms with Crippen LogP contribution in [-0.2, 0) is 6.54 Å². The summed E-state index contributed by atoms with van der Waals surface area (Å²) in [6, 6.07) is 14.7. The number of piperazine rings is 1. The summed E-state index contributed by atoms with van der Waals surface area (Å²) in [5, 5.41) is 10.4. The lowest BCUT2D eigenvalue weighted by molar-refractivity contribution is 0.249. The van der Waals surface area contributed by atoms with Crippen LogP contribution in [0.2, 0.25) is 5.02 Å². The lowest BCUT2D eigenvalue weighted by Gasteiger charge is -2.37. The van der Waals surface area contributed by atoms with E-state index in [4.69, 9.17) is 11.6 Å². The van der Waals surface area contributed by atoms with Crippen molar-refractivity contribution in [2.24, 2.45) is 0 Å². The summed E-state index contributed by atoms with van der Waals surface area (Å²) < 4.78 is 0. The minimum absolute atomic E-state index is 0.774. The van der Waals surface area contributed by atoms with Crippen molar-refractivity contribution in [3.05, 3.63) is 58.1 Å². The highest BCUT2D eigenvalue weighted by Crippen LogP contribution is 2.26. The van der Waals surface area contributed by atoms with Crippen LogP contribution < -0.4 is 9.80 Å². The number of nitriles is 1. The summed E-state index contributed by atoms with van der Waals surface area (Å²) in [5.74, 6) is 0. The normalized spacial score (nSPS) is 14.8. The number of aryl methyl sites for hydroxylation is 1. The molecular weight excluding hydrogens is 394 g/mol. The molecule has 6 heteroatoms. The Balaban J connectivity index is 1.65. The second kappa shape index (κ2) is 10.2. The van der Waals surface area contributed by atoms with Crippen LogP contribution in [0.3, 0.4) is 0 Å². The summed E-state index contributed by atoms with van der Waals surface area (Å²) >= 11 is 6.11. The van der Waals surface area contributed by atoms with E-state index in [0.29, 0.717) is 0 Å². The van der Waals surface area contributed by atoms with Crippen molar-refractivity contribution in [3.8, 4) is 6.07 Å². The van der Waals surface area contributed by atoms with Crippen LogP contribution in [-0.4, -0.2) is 70.2 Å². The maximum Gasteiger partial charge on any atom is 0.0995 e. The molecule has 0 bridgehead atoms. The molecule has 160 valence electrons. The zero-order valence-corrected chi connectivity index (χ0v) is 19.3. The Kier molecular flexibility index (Phi) is 7.60. The molecular formula is C24H32ClN5. The molecule has 2 aromatic carbocycles. The molecule has 0 atom stereocenters. The molecule has 5 nitrogen and oxygen atoms in total. The number of nitrogens with zero attached hydrogens (tertiary/aromatic N) is 5. The van der Waals surface area contributed by atoms with Gasteiger partial charge in [0.25, 0.3) is 0 Å². The van der Waals surface area contributed by atoms with Crippen molar-refractivity contribution in [3.63, 3.8) is 0 Å². The predicted octanol–water partition coefficient (Wildman–Crippen LogP) is 3.84. The molecule has 1 fully saturated rings. The van der Waals surface area contributed by atoms with Gasteiger partial charge >= 0.3 is 0 Å². The third-order valence-corrected chi connectivity index (χ3v) is 6.03. The topological polar surface area (TPSA) is 36.8 Å². The van der Waals surface area contributed by atoms with Gasteiger partial charge in [0.2, 0.25) is 0 Å². The van der Waals surface area contributed by atoms with Gasteiger partial charge in [0.05, 0.1) is 11.6 Å². The second-order valence-corrected chi connectivity index (χ2v) is 8.81. The summed E-state index contributed by atoms with van der Waals surface area (Å²) in [5.41, 5.74) is 5.54. The number of likely N-dealkylation sites (N-methyl/N-ethyl adjacent to an activating group) is 2. The van der Waals surface area contributed by atoms with E-state index in [1.54, 1.807) is 0 Å². The van der Waals surface area contributed by atoms with Gasteiger partial charge < -0.3 is 14.7 Å². The first-order valence-electron chi connectivity index (χ1n) is 10.5. The number of anilines is 2. The quantitative estimate of drug-likeness (QED) is 0.673. The van der Waals surface area contributed by atoms with Gasteiger partial charge in [-0.3, -0.25) is 4.90 Å². The van der Waals surface area contributed by atoms with E-state index in [-0.39, 0.29) is 0 Å². The largest absolute Gasteiger partial charge is 0.373 e. The second-order valence-electron chi connectivity index (χ2n) is 8.37. The molecule has 0 saturated carbocycles. The Morgan fingerprint density at radius 2 is 1.73 bits per heavy atom. The average molecular weight is 426 g/mol. The lowest BCUT2D eigenvalue weighted by atomic mass is 10.1. The highest BCUT2D eigenvalue weighted by Gasteiger charge is 2.20. The zero-order chi connectivity index (χ0) is 21.7. The number of halogens is 1. The van der Waals surface area contributed by atoms with Crippen LogP contribution >= 0.6 is 11.6 Å². The monoisotopic (exact) mass is 425 g/mol. The molecule has 0 radical (unpaired) electrons. The third kappa shape index (κ3) is 5.66. The molecule has 0 amide bonds. The molecule has 1 heterocycles. The van der Waals surface area contributed by atoms with E-state index in [0.717, 1.165) is 62.0 Å². The smallest absolute Gasteiger partial charge is 0.0995 e. The average Bonchev–Trinajstić information content (AvgIpc) is 2.72. The van der Waals surface area contributed by atoms with Crippen molar-refractivity contribution < 1.29 is 0 Å². The lowest BCUT2D eigenvalue weighted by Crippen LogP contribution is -2.46. The first kappa shape index (κ1) is 22.4. The van der Waals surface area contributed by atoms with Crippen LogP contribution in [0, 0.1) is 18.3 Å². The van der Waals surface area contributed by atoms with Crippen LogP contribution in [0.4, 0.5) is 11.4 Å². The zero-order valence-electron chi connectivity index (χ0n) is 18.5. The predicted molar refractivity (Wildman–Crippen MR) is 127 cm³/mol. The SMILES string of the molecule is Cc1cc(Cl)ccc1N1CCN(Cc2cc(N(C)CCN(C)C)ccc2C#N)CC1. The molecule has 0 aromatic heterocycles. The summed E-state index contributed by atoms with van der Waals surface area (Å²) in [6.07, 6.45) is 0. The summed E-state index contributed by atoms with van der Waals surface area (Å²) in [4.78, 5) is 9.31. The van der Waals surface area contributed by atoms with Crippen molar-refractivity contribution in [2.45, 2.75) is 13.5 Å². The van der Waals surface area contributed by atoms with E-state index < -0.39 is 0 Å². The van der Waals surface area contributed by atoms with Crippen molar-refractivity contribution in [1.29, 1.82) is 5.26 Å². The van der Waals surface area contributed by atoms with Crippen molar-refractivity contribution in [1.82, 2.24) is 9.80 Å². The van der Waals surface area contributed by atoms with Gasteiger partial charge in [0.15, 0.2) is 0 Å². The number of hydrogen-bond donors (Lipinski definition) is 0. The summed E-state index contributed by atoms with van der Waals surface area (Å²) in [6.45, 7) is 8.80. The minimum Gasteiger partial charge on any atom is -0.373 e. The highest BCUT2D eigenvalue weighted by atomic mass is 35.5. The van der Waals surface area contributed by atoms with Crippen LogP contribution in [0.5, 0.6) is 0 Å². The molecule has 1 aliphatic heterocycles. The van der Waals surface area contributed by atoms with Gasteiger partial charge in [-0.15, -0.1) is 0 Å². The van der Waals surface area contributed by atoms with E-state index in [9.17, 15) is 5.26 Å². The van der Waals surface area contributed by atoms with Crippen LogP contribution in [0.15, 0.2) is 36.4 Å². The maximum atomic E-state index is 9.59. The van der Waals surface area contributed by atoms with E-state index >= 15 is 0 Å². The molecule has 0 spiro atoms. The van der Waals surface area contributed by atoms with E-state index in [1.165, 1.54) is 16.9 Å². The molecule has 30 heavy (non-hydrogen) atoms. The number of hydrogen-bond acceptors (Lipinski definition) is 5. The van der Waals surface area contributed by atoms with Gasteiger partial charge in [-0.2, -0.15) is 5.26 Å². The number of rotatable bonds is 7. The Morgan fingerprint density at radius 3 is 2.37 bits per heavy atom. The Morgan fingerprint density at radius 1 is 1.00 bits per heavy atom. The first-order valence-corrected chi connectivity index (χ1v) is 10.9. The van der Waals surface area contributed by atoms with Crippen LogP contribution in [0.1, 0.15) is 16.7 Å². The maximum absolute atomic E-state index is 9.59. The molecule has 2 aromatic rings. The molecule has 0 aliphatic carbocycles. The van der Waals surface area contributed by atoms with Gasteiger partial charge in [-0.1, -0.05) is 11.6 Å². The Labute approximate surface area is 186 Å². The fourth-order valence-electron chi connectivity index (χ4n) is 3.90. The van der Waals surface area contributed by atoms with Gasteiger partial charge in [-0.25, -0.2) is 0 Å². The molecule has 0 N–H and O–H groups in total. The molecule has 0 unspecified atom stereocenters.